The zero-order chi connectivity index (χ0) is 21.3. The molecule has 0 radical (unpaired) electrons. The van der Waals surface area contributed by atoms with Gasteiger partial charge >= 0.3 is 5.97 Å². The molecular weight excluding hydrogens is 386 g/mol. The van der Waals surface area contributed by atoms with Crippen LogP contribution in [-0.2, 0) is 20.9 Å². The molecule has 0 saturated heterocycles. The third-order valence-electron chi connectivity index (χ3n) is 4.17. The number of ether oxygens (including phenoxy) is 2. The number of nitrogens with one attached hydrogen (secondary N) is 1. The molecule has 0 bridgehead atoms. The molecule has 3 rings (SSSR count). The number of hydrogen-bond donors (Lipinski definition) is 1. The monoisotopic (exact) mass is 407 g/mol. The number of hydrogen-bond acceptors (Lipinski definition) is 7. The third kappa shape index (κ3) is 5.28. The molecule has 1 amide bonds. The highest BCUT2D eigenvalue weighted by molar-refractivity contribution is 6.15. The van der Waals surface area contributed by atoms with Gasteiger partial charge in [-0.1, -0.05) is 48.5 Å². The van der Waals surface area contributed by atoms with E-state index in [0.29, 0.717) is 11.6 Å². The molecule has 0 spiro atoms. The Morgan fingerprint density at radius 2 is 1.83 bits per heavy atom. The fourth-order valence-electron chi connectivity index (χ4n) is 2.67. The van der Waals surface area contributed by atoms with Crippen molar-refractivity contribution in [2.24, 2.45) is 0 Å². The van der Waals surface area contributed by atoms with E-state index in [4.69, 9.17) is 9.47 Å². The lowest BCUT2D eigenvalue weighted by Crippen LogP contribution is -2.29. The summed E-state index contributed by atoms with van der Waals surface area (Å²) in [4.78, 5) is 24.8. The maximum Gasteiger partial charge on any atom is 0.357 e. The maximum atomic E-state index is 12.7. The van der Waals surface area contributed by atoms with Crippen molar-refractivity contribution in [3.8, 4) is 5.75 Å². The van der Waals surface area contributed by atoms with Crippen molar-refractivity contribution in [2.75, 3.05) is 13.7 Å². The number of rotatable bonds is 8. The summed E-state index contributed by atoms with van der Waals surface area (Å²) >= 11 is 0. The molecule has 9 heteroatoms. The van der Waals surface area contributed by atoms with Crippen LogP contribution in [0.15, 0.2) is 54.6 Å². The van der Waals surface area contributed by atoms with Crippen LogP contribution in [0.3, 0.4) is 0 Å². The Labute approximate surface area is 173 Å². The summed E-state index contributed by atoms with van der Waals surface area (Å²) in [5.41, 5.74) is 1.68. The first kappa shape index (κ1) is 20.7. The van der Waals surface area contributed by atoms with Gasteiger partial charge in [0, 0.05) is 12.1 Å². The van der Waals surface area contributed by atoms with Gasteiger partial charge in [-0.2, -0.15) is 4.68 Å². The predicted octanol–water partition coefficient (Wildman–Crippen LogP) is 1.85. The van der Waals surface area contributed by atoms with Crippen LogP contribution in [0.5, 0.6) is 5.75 Å². The number of aromatic nitrogens is 4. The second-order valence-electron chi connectivity index (χ2n) is 6.24. The summed E-state index contributed by atoms with van der Waals surface area (Å²) in [5.74, 6) is -0.0877. The Kier molecular flexibility index (Phi) is 6.88. The molecule has 0 aliphatic heterocycles. The van der Waals surface area contributed by atoms with E-state index in [1.807, 2.05) is 48.5 Å². The molecule has 1 N–H and O–H groups in total. The summed E-state index contributed by atoms with van der Waals surface area (Å²) in [6, 6.07) is 16.5. The third-order valence-corrected chi connectivity index (χ3v) is 4.17. The number of tetrazole rings is 1. The second kappa shape index (κ2) is 9.97. The van der Waals surface area contributed by atoms with E-state index in [9.17, 15) is 9.59 Å². The van der Waals surface area contributed by atoms with Gasteiger partial charge in [-0.15, -0.1) is 5.10 Å². The SMILES string of the molecule is COc1ccccc1CNC(=O)COC(=O)/C(=C/c1ccccc1)n1nnnc1C. The van der Waals surface area contributed by atoms with E-state index < -0.39 is 18.5 Å². The number of esters is 1. The van der Waals surface area contributed by atoms with Crippen LogP contribution >= 0.6 is 0 Å². The molecule has 0 saturated carbocycles. The zero-order valence-corrected chi connectivity index (χ0v) is 16.6. The minimum absolute atomic E-state index is 0.0984. The number of amides is 1. The van der Waals surface area contributed by atoms with Gasteiger partial charge in [-0.05, 0) is 35.1 Å². The average molecular weight is 407 g/mol. The zero-order valence-electron chi connectivity index (χ0n) is 16.6. The minimum atomic E-state index is -0.721. The van der Waals surface area contributed by atoms with Crippen molar-refractivity contribution in [3.05, 3.63) is 71.5 Å². The second-order valence-corrected chi connectivity index (χ2v) is 6.24. The summed E-state index contributed by atoms with van der Waals surface area (Å²) < 4.78 is 11.7. The average Bonchev–Trinajstić information content (AvgIpc) is 3.20. The Bertz CT molecular complexity index is 1050. The molecule has 0 aliphatic carbocycles. The molecule has 0 unspecified atom stereocenters. The first-order valence-electron chi connectivity index (χ1n) is 9.16. The number of para-hydroxylation sites is 1. The normalized spacial score (nSPS) is 11.1. The summed E-state index contributed by atoms with van der Waals surface area (Å²) in [6.07, 6.45) is 1.60. The first-order valence-corrected chi connectivity index (χ1v) is 9.16. The predicted molar refractivity (Wildman–Crippen MR) is 109 cm³/mol. The van der Waals surface area contributed by atoms with E-state index in [1.165, 1.54) is 4.68 Å². The van der Waals surface area contributed by atoms with E-state index in [0.717, 1.165) is 11.1 Å². The molecule has 1 heterocycles. The van der Waals surface area contributed by atoms with Gasteiger partial charge in [-0.25, -0.2) is 4.79 Å². The summed E-state index contributed by atoms with van der Waals surface area (Å²) in [6.45, 7) is 1.46. The van der Waals surface area contributed by atoms with Crippen LogP contribution in [-0.4, -0.2) is 45.8 Å². The molecule has 1 aromatic heterocycles. The molecule has 3 aromatic rings. The van der Waals surface area contributed by atoms with Crippen molar-refractivity contribution in [2.45, 2.75) is 13.5 Å². The van der Waals surface area contributed by atoms with Gasteiger partial charge < -0.3 is 14.8 Å². The molecular formula is C21H21N5O4. The molecule has 9 nitrogen and oxygen atoms in total. The van der Waals surface area contributed by atoms with Gasteiger partial charge in [0.1, 0.15) is 5.75 Å². The molecule has 0 aliphatic rings. The van der Waals surface area contributed by atoms with Crippen molar-refractivity contribution in [1.29, 1.82) is 0 Å². The topological polar surface area (TPSA) is 108 Å². The lowest BCUT2D eigenvalue weighted by Gasteiger charge is -2.11. The standard InChI is InChI=1S/C21H21N5O4/c1-15-23-24-25-26(15)18(12-16-8-4-3-5-9-16)21(28)30-14-20(27)22-13-17-10-6-7-11-19(17)29-2/h3-12H,13-14H2,1-2H3,(H,22,27)/b18-12-. The van der Waals surface area contributed by atoms with Crippen LogP contribution in [0.1, 0.15) is 17.0 Å². The van der Waals surface area contributed by atoms with Gasteiger partial charge in [0.15, 0.2) is 18.1 Å². The number of nitrogens with zero attached hydrogens (tertiary/aromatic N) is 4. The number of carbonyl (C=O) groups is 2. The van der Waals surface area contributed by atoms with Gasteiger partial charge in [0.25, 0.3) is 5.91 Å². The van der Waals surface area contributed by atoms with E-state index in [1.54, 1.807) is 26.2 Å². The van der Waals surface area contributed by atoms with Gasteiger partial charge in [0.05, 0.1) is 7.11 Å². The smallest absolute Gasteiger partial charge is 0.357 e. The Morgan fingerprint density at radius 3 is 2.53 bits per heavy atom. The molecule has 154 valence electrons. The van der Waals surface area contributed by atoms with E-state index in [-0.39, 0.29) is 12.2 Å². The summed E-state index contributed by atoms with van der Waals surface area (Å²) in [5, 5.41) is 13.9. The van der Waals surface area contributed by atoms with Crippen molar-refractivity contribution in [3.63, 3.8) is 0 Å². The highest BCUT2D eigenvalue weighted by Gasteiger charge is 2.19. The Balaban J connectivity index is 1.65. The first-order chi connectivity index (χ1) is 14.6. The van der Waals surface area contributed by atoms with Gasteiger partial charge in [-0.3, -0.25) is 4.79 Å². The van der Waals surface area contributed by atoms with Gasteiger partial charge in [0.2, 0.25) is 0 Å². The fraction of sp³-hybridized carbons (Fsp3) is 0.190. The molecule has 0 fully saturated rings. The van der Waals surface area contributed by atoms with Crippen LogP contribution in [0, 0.1) is 6.92 Å². The fourth-order valence-corrected chi connectivity index (χ4v) is 2.67. The number of methoxy groups -OCH3 is 1. The quantitative estimate of drug-likeness (QED) is 0.448. The van der Waals surface area contributed by atoms with Crippen LogP contribution in [0.4, 0.5) is 0 Å². The lowest BCUT2D eigenvalue weighted by atomic mass is 10.2. The molecule has 30 heavy (non-hydrogen) atoms. The number of carbonyl (C=O) groups excluding carboxylic acids is 2. The maximum absolute atomic E-state index is 12.7. The van der Waals surface area contributed by atoms with Crippen LogP contribution in [0.25, 0.3) is 11.8 Å². The number of benzene rings is 2. The number of aryl methyl sites for hydroxylation is 1. The van der Waals surface area contributed by atoms with E-state index >= 15 is 0 Å². The van der Waals surface area contributed by atoms with Crippen LogP contribution < -0.4 is 10.1 Å². The lowest BCUT2D eigenvalue weighted by molar-refractivity contribution is -0.143. The largest absolute Gasteiger partial charge is 0.496 e. The Hall–Kier alpha value is -4.01. The Morgan fingerprint density at radius 1 is 1.10 bits per heavy atom. The van der Waals surface area contributed by atoms with Crippen molar-refractivity contribution >= 4 is 23.6 Å². The molecule has 2 aromatic carbocycles. The highest BCUT2D eigenvalue weighted by atomic mass is 16.5. The minimum Gasteiger partial charge on any atom is -0.496 e. The summed E-state index contributed by atoms with van der Waals surface area (Å²) in [7, 11) is 1.56. The van der Waals surface area contributed by atoms with Crippen molar-refractivity contribution in [1.82, 2.24) is 25.5 Å². The van der Waals surface area contributed by atoms with Crippen molar-refractivity contribution < 1.29 is 19.1 Å². The van der Waals surface area contributed by atoms with Crippen LogP contribution in [0.2, 0.25) is 0 Å². The molecule has 0 atom stereocenters. The highest BCUT2D eigenvalue weighted by Crippen LogP contribution is 2.17. The van der Waals surface area contributed by atoms with E-state index in [2.05, 4.69) is 20.8 Å².